The fraction of sp³-hybridized carbons (Fsp3) is 0.385. The molecule has 0 fully saturated rings. The van der Waals surface area contributed by atoms with E-state index in [2.05, 4.69) is 30.7 Å². The minimum Gasteiger partial charge on any atom is -0.256 e. The quantitative estimate of drug-likeness (QED) is 0.683. The van der Waals surface area contributed by atoms with Crippen LogP contribution in [0.15, 0.2) is 29.4 Å². The largest absolute Gasteiger partial charge is 0.256 e. The number of allylic oxidation sites excluding steroid dienone is 1. The van der Waals surface area contributed by atoms with Gasteiger partial charge in [-0.25, -0.2) is 0 Å². The van der Waals surface area contributed by atoms with Crippen molar-refractivity contribution in [2.24, 2.45) is 10.9 Å². The molecule has 1 aromatic heterocycles. The van der Waals surface area contributed by atoms with Crippen LogP contribution in [0.25, 0.3) is 6.08 Å². The van der Waals surface area contributed by atoms with Gasteiger partial charge in [-0.05, 0) is 38.0 Å². The molecule has 0 spiro atoms. The third-order valence-electron chi connectivity index (χ3n) is 2.27. The van der Waals surface area contributed by atoms with Crippen molar-refractivity contribution in [1.29, 1.82) is 0 Å². The molecule has 15 heavy (non-hydrogen) atoms. The summed E-state index contributed by atoms with van der Waals surface area (Å²) in [4.78, 5) is 8.87. The molecular formula is C13H18N2. The van der Waals surface area contributed by atoms with E-state index in [-0.39, 0.29) is 0 Å². The highest BCUT2D eigenvalue weighted by atomic mass is 14.8. The number of hydrogen-bond acceptors (Lipinski definition) is 2. The first-order chi connectivity index (χ1) is 7.15. The van der Waals surface area contributed by atoms with E-state index >= 15 is 0 Å². The van der Waals surface area contributed by atoms with Crippen molar-refractivity contribution in [3.63, 3.8) is 0 Å². The predicted octanol–water partition coefficient (Wildman–Crippen LogP) is 3.86. The van der Waals surface area contributed by atoms with Gasteiger partial charge in [0.25, 0.3) is 0 Å². The molecule has 1 aromatic rings. The highest BCUT2D eigenvalue weighted by Gasteiger charge is 2.01. The van der Waals surface area contributed by atoms with E-state index in [1.54, 1.807) is 6.20 Å². The van der Waals surface area contributed by atoms with Crippen LogP contribution in [0.2, 0.25) is 0 Å². The topological polar surface area (TPSA) is 25.2 Å². The average molecular weight is 202 g/mol. The van der Waals surface area contributed by atoms with Crippen molar-refractivity contribution in [3.05, 3.63) is 30.1 Å². The third-order valence-corrected chi connectivity index (χ3v) is 2.27. The van der Waals surface area contributed by atoms with Crippen LogP contribution in [-0.4, -0.2) is 10.7 Å². The van der Waals surface area contributed by atoms with Gasteiger partial charge >= 0.3 is 0 Å². The summed E-state index contributed by atoms with van der Waals surface area (Å²) in [6.07, 6.45) is 5.75. The molecule has 0 radical (unpaired) electrons. The minimum atomic E-state index is 0.476. The lowest BCUT2D eigenvalue weighted by Crippen LogP contribution is -2.01. The molecule has 0 aliphatic carbocycles. The normalized spacial score (nSPS) is 12.7. The van der Waals surface area contributed by atoms with Gasteiger partial charge in [0.05, 0.1) is 11.4 Å². The molecule has 0 aliphatic heterocycles. The van der Waals surface area contributed by atoms with Crippen LogP contribution >= 0.6 is 0 Å². The van der Waals surface area contributed by atoms with Crippen LogP contribution in [-0.2, 0) is 0 Å². The molecule has 1 rings (SSSR count). The Bertz CT molecular complexity index is 376. The van der Waals surface area contributed by atoms with Gasteiger partial charge in [0, 0.05) is 11.9 Å². The smallest absolute Gasteiger partial charge is 0.0885 e. The zero-order valence-electron chi connectivity index (χ0n) is 9.86. The minimum absolute atomic E-state index is 0.476. The molecule has 0 aromatic carbocycles. The molecule has 0 saturated carbocycles. The van der Waals surface area contributed by atoms with Gasteiger partial charge in [-0.15, -0.1) is 0 Å². The van der Waals surface area contributed by atoms with Gasteiger partial charge < -0.3 is 0 Å². The fourth-order valence-corrected chi connectivity index (χ4v) is 1.11. The third kappa shape index (κ3) is 3.31. The summed E-state index contributed by atoms with van der Waals surface area (Å²) in [6.45, 7) is 8.32. The summed E-state index contributed by atoms with van der Waals surface area (Å²) < 4.78 is 0. The van der Waals surface area contributed by atoms with Crippen LogP contribution in [0.1, 0.15) is 33.4 Å². The van der Waals surface area contributed by atoms with Crippen molar-refractivity contribution in [2.75, 3.05) is 0 Å². The molecule has 0 unspecified atom stereocenters. The zero-order valence-corrected chi connectivity index (χ0v) is 9.86. The Morgan fingerprint density at radius 3 is 2.80 bits per heavy atom. The number of aromatic nitrogens is 1. The summed E-state index contributed by atoms with van der Waals surface area (Å²) in [5, 5.41) is 0. The van der Waals surface area contributed by atoms with Crippen LogP contribution in [0.3, 0.4) is 0 Å². The molecular weight excluding hydrogens is 184 g/mol. The number of pyridine rings is 1. The van der Waals surface area contributed by atoms with E-state index in [9.17, 15) is 0 Å². The molecule has 0 aliphatic rings. The number of nitrogens with zero attached hydrogens (tertiary/aromatic N) is 2. The maximum atomic E-state index is 4.58. The fourth-order valence-electron chi connectivity index (χ4n) is 1.11. The van der Waals surface area contributed by atoms with Crippen LogP contribution in [0, 0.1) is 5.92 Å². The van der Waals surface area contributed by atoms with Gasteiger partial charge in [-0.1, -0.05) is 19.9 Å². The molecule has 2 heteroatoms. The first-order valence-electron chi connectivity index (χ1n) is 5.28. The number of aliphatic imine (C=N–C) groups is 1. The molecule has 0 saturated heterocycles. The maximum absolute atomic E-state index is 4.58. The predicted molar refractivity (Wildman–Crippen MR) is 66.6 cm³/mol. The van der Waals surface area contributed by atoms with E-state index in [0.717, 1.165) is 17.1 Å². The van der Waals surface area contributed by atoms with Gasteiger partial charge in [0.15, 0.2) is 0 Å². The van der Waals surface area contributed by atoms with Crippen LogP contribution in [0.5, 0.6) is 0 Å². The summed E-state index contributed by atoms with van der Waals surface area (Å²) in [7, 11) is 0. The standard InChI is InChI=1S/C13H18N2/c1-5-7-12-13(8-6-9-14-12)15-11(4)10(2)3/h5-10H,1-4H3/b7-5+,15-11?. The Balaban J connectivity index is 3.08. The highest BCUT2D eigenvalue weighted by molar-refractivity contribution is 5.87. The first-order valence-corrected chi connectivity index (χ1v) is 5.28. The lowest BCUT2D eigenvalue weighted by Gasteiger charge is -2.05. The lowest BCUT2D eigenvalue weighted by molar-refractivity contribution is 0.878. The number of rotatable bonds is 3. The Labute approximate surface area is 91.8 Å². The van der Waals surface area contributed by atoms with Crippen LogP contribution in [0.4, 0.5) is 5.69 Å². The zero-order chi connectivity index (χ0) is 11.3. The van der Waals surface area contributed by atoms with Crippen molar-refractivity contribution >= 4 is 17.5 Å². The maximum Gasteiger partial charge on any atom is 0.0885 e. The van der Waals surface area contributed by atoms with Crippen molar-refractivity contribution in [2.45, 2.75) is 27.7 Å². The molecule has 2 nitrogen and oxygen atoms in total. The van der Waals surface area contributed by atoms with Crippen molar-refractivity contribution < 1.29 is 0 Å². The average Bonchev–Trinajstić information content (AvgIpc) is 2.21. The molecule has 0 N–H and O–H groups in total. The molecule has 80 valence electrons. The Morgan fingerprint density at radius 1 is 1.47 bits per heavy atom. The van der Waals surface area contributed by atoms with Crippen LogP contribution < -0.4 is 0 Å². The summed E-state index contributed by atoms with van der Waals surface area (Å²) >= 11 is 0. The molecule has 0 amide bonds. The second kappa shape index (κ2) is 5.44. The van der Waals surface area contributed by atoms with Gasteiger partial charge in [-0.3, -0.25) is 9.98 Å². The second-order valence-corrected chi connectivity index (χ2v) is 3.82. The van der Waals surface area contributed by atoms with E-state index in [0.29, 0.717) is 5.92 Å². The van der Waals surface area contributed by atoms with E-state index < -0.39 is 0 Å². The summed E-state index contributed by atoms with van der Waals surface area (Å²) in [6, 6.07) is 3.91. The summed E-state index contributed by atoms with van der Waals surface area (Å²) in [5.41, 5.74) is 3.01. The van der Waals surface area contributed by atoms with Gasteiger partial charge in [0.2, 0.25) is 0 Å². The van der Waals surface area contributed by atoms with E-state index in [1.165, 1.54) is 0 Å². The molecule has 0 atom stereocenters. The summed E-state index contributed by atoms with van der Waals surface area (Å²) in [5.74, 6) is 0.476. The van der Waals surface area contributed by atoms with Gasteiger partial charge in [0.1, 0.15) is 0 Å². The lowest BCUT2D eigenvalue weighted by atomic mass is 10.1. The Kier molecular flexibility index (Phi) is 4.22. The molecule has 1 heterocycles. The van der Waals surface area contributed by atoms with Crippen molar-refractivity contribution in [3.8, 4) is 0 Å². The Morgan fingerprint density at radius 2 is 2.20 bits per heavy atom. The Hall–Kier alpha value is -1.44. The second-order valence-electron chi connectivity index (χ2n) is 3.82. The highest BCUT2D eigenvalue weighted by Crippen LogP contribution is 2.19. The first kappa shape index (κ1) is 11.6. The monoisotopic (exact) mass is 202 g/mol. The SMILES string of the molecule is C/C=C/c1ncccc1N=C(C)C(C)C. The van der Waals surface area contributed by atoms with E-state index in [4.69, 9.17) is 0 Å². The van der Waals surface area contributed by atoms with Gasteiger partial charge in [-0.2, -0.15) is 0 Å². The van der Waals surface area contributed by atoms with E-state index in [1.807, 2.05) is 31.2 Å². The molecule has 0 bridgehead atoms. The number of hydrogen-bond donors (Lipinski definition) is 0. The van der Waals surface area contributed by atoms with Crippen molar-refractivity contribution in [1.82, 2.24) is 4.98 Å².